The summed E-state index contributed by atoms with van der Waals surface area (Å²) in [5, 5.41) is 3.27. The summed E-state index contributed by atoms with van der Waals surface area (Å²) in [5.74, 6) is 0. The van der Waals surface area contributed by atoms with Crippen molar-refractivity contribution in [2.45, 2.75) is 39.7 Å². The second kappa shape index (κ2) is 4.22. The third-order valence-corrected chi connectivity index (χ3v) is 1.09. The minimum atomic E-state index is 0.120. The lowest BCUT2D eigenvalue weighted by Gasteiger charge is -2.22. The molecule has 64 valence electrons. The normalized spacial score (nSPS) is 12.0. The van der Waals surface area contributed by atoms with Crippen LogP contribution in [-0.2, 0) is 0 Å². The Morgan fingerprint density at radius 2 is 2.00 bits per heavy atom. The van der Waals surface area contributed by atoms with E-state index < -0.39 is 0 Å². The molecule has 0 aliphatic carbocycles. The van der Waals surface area contributed by atoms with Gasteiger partial charge in [-0.2, -0.15) is 0 Å². The maximum Gasteiger partial charge on any atom is 0.0289 e. The summed E-state index contributed by atoms with van der Waals surface area (Å²) in [6.07, 6.45) is 5.18. The second-order valence-corrected chi connectivity index (χ2v) is 3.71. The number of allylic oxidation sites excluding steroid dienone is 2. The van der Waals surface area contributed by atoms with E-state index in [1.54, 1.807) is 0 Å². The van der Waals surface area contributed by atoms with E-state index in [0.29, 0.717) is 0 Å². The molecule has 0 radical (unpaired) electrons. The van der Waals surface area contributed by atoms with Gasteiger partial charge in [0, 0.05) is 11.2 Å². The highest BCUT2D eigenvalue weighted by atomic mass is 14.9. The first-order valence-corrected chi connectivity index (χ1v) is 4.09. The van der Waals surface area contributed by atoms with E-state index in [4.69, 9.17) is 0 Å². The first-order valence-electron chi connectivity index (χ1n) is 4.09. The summed E-state index contributed by atoms with van der Waals surface area (Å²) >= 11 is 0. The monoisotopic (exact) mass is 153 g/mol. The molecule has 0 heterocycles. The van der Waals surface area contributed by atoms with Gasteiger partial charge >= 0.3 is 0 Å². The molecule has 1 N–H and O–H groups in total. The number of hydrogen-bond donors (Lipinski definition) is 1. The minimum Gasteiger partial charge on any atom is -0.381 e. The van der Waals surface area contributed by atoms with Crippen molar-refractivity contribution in [2.75, 3.05) is 0 Å². The van der Waals surface area contributed by atoms with E-state index in [1.807, 2.05) is 6.08 Å². The van der Waals surface area contributed by atoms with Gasteiger partial charge in [-0.05, 0) is 33.3 Å². The Morgan fingerprint density at radius 1 is 1.45 bits per heavy atom. The first kappa shape index (κ1) is 10.3. The molecule has 0 aliphatic heterocycles. The topological polar surface area (TPSA) is 12.0 Å². The molecule has 0 saturated carbocycles. The Kier molecular flexibility index (Phi) is 3.94. The predicted octanol–water partition coefficient (Wildman–Crippen LogP) is 2.85. The fourth-order valence-electron chi connectivity index (χ4n) is 0.783. The average Bonchev–Trinajstić information content (AvgIpc) is 1.79. The van der Waals surface area contributed by atoms with Crippen LogP contribution in [0.1, 0.15) is 34.1 Å². The summed E-state index contributed by atoms with van der Waals surface area (Å²) in [7, 11) is 0. The summed E-state index contributed by atoms with van der Waals surface area (Å²) in [6, 6.07) is 0. The van der Waals surface area contributed by atoms with Gasteiger partial charge in [0.05, 0.1) is 0 Å². The first-order chi connectivity index (χ1) is 4.95. The molecule has 0 saturated heterocycles. The van der Waals surface area contributed by atoms with Gasteiger partial charge in [-0.25, -0.2) is 0 Å². The molecule has 0 fully saturated rings. The Labute approximate surface area is 70.2 Å². The van der Waals surface area contributed by atoms with E-state index in [0.717, 1.165) is 12.1 Å². The summed E-state index contributed by atoms with van der Waals surface area (Å²) in [6.45, 7) is 12.4. The van der Waals surface area contributed by atoms with E-state index in [2.05, 4.69) is 45.7 Å². The lowest BCUT2D eigenvalue weighted by molar-refractivity contribution is 0.480. The van der Waals surface area contributed by atoms with Crippen molar-refractivity contribution in [1.82, 2.24) is 5.32 Å². The second-order valence-electron chi connectivity index (χ2n) is 3.71. The summed E-state index contributed by atoms with van der Waals surface area (Å²) in [5.41, 5.74) is 1.11. The zero-order valence-corrected chi connectivity index (χ0v) is 8.07. The SMILES string of the molecule is C=C(/C=C\CC)NC(C)(C)C. The van der Waals surface area contributed by atoms with Gasteiger partial charge in [0.25, 0.3) is 0 Å². The van der Waals surface area contributed by atoms with E-state index in [1.165, 1.54) is 0 Å². The maximum atomic E-state index is 3.88. The molecular weight excluding hydrogens is 134 g/mol. The molecule has 1 heteroatoms. The lowest BCUT2D eigenvalue weighted by Crippen LogP contribution is -2.33. The molecule has 0 aromatic rings. The van der Waals surface area contributed by atoms with Crippen LogP contribution in [-0.4, -0.2) is 5.54 Å². The zero-order chi connectivity index (χ0) is 8.91. The van der Waals surface area contributed by atoms with Crippen LogP contribution in [0.15, 0.2) is 24.4 Å². The Bertz CT molecular complexity index is 149. The van der Waals surface area contributed by atoms with Gasteiger partial charge in [0.2, 0.25) is 0 Å². The van der Waals surface area contributed by atoms with Gasteiger partial charge in [-0.15, -0.1) is 0 Å². The molecule has 11 heavy (non-hydrogen) atoms. The van der Waals surface area contributed by atoms with Crippen LogP contribution < -0.4 is 5.32 Å². The Morgan fingerprint density at radius 3 is 2.36 bits per heavy atom. The molecule has 0 spiro atoms. The van der Waals surface area contributed by atoms with Gasteiger partial charge in [-0.1, -0.05) is 19.6 Å². The van der Waals surface area contributed by atoms with Crippen LogP contribution in [0.4, 0.5) is 0 Å². The average molecular weight is 153 g/mol. The quantitative estimate of drug-likeness (QED) is 0.615. The van der Waals surface area contributed by atoms with Gasteiger partial charge in [0.15, 0.2) is 0 Å². The van der Waals surface area contributed by atoms with E-state index in [-0.39, 0.29) is 5.54 Å². The molecule has 0 atom stereocenters. The Balaban J connectivity index is 3.80. The van der Waals surface area contributed by atoms with Crippen molar-refractivity contribution < 1.29 is 0 Å². The fourth-order valence-corrected chi connectivity index (χ4v) is 0.783. The number of rotatable bonds is 3. The zero-order valence-electron chi connectivity index (χ0n) is 8.07. The van der Waals surface area contributed by atoms with Gasteiger partial charge in [-0.3, -0.25) is 0 Å². The van der Waals surface area contributed by atoms with Crippen LogP contribution in [0.5, 0.6) is 0 Å². The van der Waals surface area contributed by atoms with Crippen molar-refractivity contribution in [3.8, 4) is 0 Å². The van der Waals surface area contributed by atoms with Crippen molar-refractivity contribution in [3.63, 3.8) is 0 Å². The number of nitrogens with one attached hydrogen (secondary N) is 1. The summed E-state index contributed by atoms with van der Waals surface area (Å²) < 4.78 is 0. The van der Waals surface area contributed by atoms with E-state index in [9.17, 15) is 0 Å². The molecule has 0 aromatic heterocycles. The lowest BCUT2D eigenvalue weighted by atomic mass is 10.1. The van der Waals surface area contributed by atoms with Crippen molar-refractivity contribution in [1.29, 1.82) is 0 Å². The van der Waals surface area contributed by atoms with Crippen LogP contribution in [0.2, 0.25) is 0 Å². The predicted molar refractivity (Wildman–Crippen MR) is 51.5 cm³/mol. The fraction of sp³-hybridized carbons (Fsp3) is 0.600. The van der Waals surface area contributed by atoms with Crippen LogP contribution in [0, 0.1) is 0 Å². The molecule has 0 aliphatic rings. The maximum absolute atomic E-state index is 3.88. The van der Waals surface area contributed by atoms with Crippen molar-refractivity contribution in [2.24, 2.45) is 0 Å². The van der Waals surface area contributed by atoms with Crippen LogP contribution in [0.25, 0.3) is 0 Å². The highest BCUT2D eigenvalue weighted by molar-refractivity contribution is 5.13. The third-order valence-electron chi connectivity index (χ3n) is 1.09. The highest BCUT2D eigenvalue weighted by Crippen LogP contribution is 2.02. The molecule has 0 aromatic carbocycles. The highest BCUT2D eigenvalue weighted by Gasteiger charge is 2.07. The molecule has 0 unspecified atom stereocenters. The largest absolute Gasteiger partial charge is 0.381 e. The smallest absolute Gasteiger partial charge is 0.0289 e. The number of hydrogen-bond acceptors (Lipinski definition) is 1. The molecule has 0 bridgehead atoms. The van der Waals surface area contributed by atoms with Crippen LogP contribution in [0.3, 0.4) is 0 Å². The van der Waals surface area contributed by atoms with Gasteiger partial charge in [0.1, 0.15) is 0 Å². The molecule has 1 nitrogen and oxygen atoms in total. The van der Waals surface area contributed by atoms with Crippen molar-refractivity contribution in [3.05, 3.63) is 24.4 Å². The minimum absolute atomic E-state index is 0.120. The molecule has 0 rings (SSSR count). The third kappa shape index (κ3) is 7.17. The van der Waals surface area contributed by atoms with Gasteiger partial charge < -0.3 is 5.32 Å². The van der Waals surface area contributed by atoms with E-state index >= 15 is 0 Å². The Hall–Kier alpha value is -0.720. The van der Waals surface area contributed by atoms with Crippen molar-refractivity contribution >= 4 is 0 Å². The van der Waals surface area contributed by atoms with Crippen LogP contribution >= 0.6 is 0 Å². The summed E-state index contributed by atoms with van der Waals surface area (Å²) in [4.78, 5) is 0. The molecular formula is C10H19N. The standard InChI is InChI=1S/C10H19N/c1-6-7-8-9(2)11-10(3,4)5/h7-8,11H,2,6H2,1,3-5H3/b8-7-. The molecule has 0 amide bonds.